The van der Waals surface area contributed by atoms with E-state index in [1.165, 1.54) is 6.07 Å². The normalized spacial score (nSPS) is 17.6. The number of sulfone groups is 1. The minimum absolute atomic E-state index is 0.0539. The van der Waals surface area contributed by atoms with Crippen LogP contribution in [0.5, 0.6) is 11.5 Å². The van der Waals surface area contributed by atoms with Gasteiger partial charge in [0.25, 0.3) is 0 Å². The monoisotopic (exact) mass is 299 g/mol. The minimum atomic E-state index is -3.41. The van der Waals surface area contributed by atoms with Crippen molar-refractivity contribution in [1.29, 1.82) is 0 Å². The number of benzene rings is 1. The molecule has 112 valence electrons. The predicted octanol–water partition coefficient (Wildman–Crippen LogP) is 1.60. The van der Waals surface area contributed by atoms with Crippen LogP contribution in [0.4, 0.5) is 0 Å². The van der Waals surface area contributed by atoms with Gasteiger partial charge in [0, 0.05) is 12.1 Å². The molecule has 0 bridgehead atoms. The Morgan fingerprint density at radius 1 is 1.25 bits per heavy atom. The van der Waals surface area contributed by atoms with Crippen LogP contribution in [0.1, 0.15) is 20.3 Å². The summed E-state index contributed by atoms with van der Waals surface area (Å²) in [5, 5.41) is 0. The number of ether oxygens (including phenoxy) is 2. The third-order valence-electron chi connectivity index (χ3n) is 3.66. The molecule has 0 aliphatic carbocycles. The largest absolute Gasteiger partial charge is 0.486 e. The second kappa shape index (κ2) is 6.01. The Labute approximate surface area is 120 Å². The maximum atomic E-state index is 12.4. The summed E-state index contributed by atoms with van der Waals surface area (Å²) >= 11 is 0. The highest BCUT2D eigenvalue weighted by molar-refractivity contribution is 7.91. The lowest BCUT2D eigenvalue weighted by Crippen LogP contribution is -2.35. The Bertz CT molecular complexity index is 571. The van der Waals surface area contributed by atoms with E-state index in [2.05, 4.69) is 0 Å². The summed E-state index contributed by atoms with van der Waals surface area (Å²) in [5.41, 5.74) is 5.95. The third kappa shape index (κ3) is 3.24. The molecule has 2 atom stereocenters. The molecule has 2 N–H and O–H groups in total. The van der Waals surface area contributed by atoms with Crippen LogP contribution in [0.25, 0.3) is 0 Å². The molecule has 0 amide bonds. The Balaban J connectivity index is 2.21. The number of hydrogen-bond acceptors (Lipinski definition) is 5. The van der Waals surface area contributed by atoms with E-state index in [0.29, 0.717) is 24.7 Å². The van der Waals surface area contributed by atoms with Gasteiger partial charge in [0.05, 0.1) is 10.6 Å². The van der Waals surface area contributed by atoms with Crippen molar-refractivity contribution in [3.8, 4) is 11.5 Å². The van der Waals surface area contributed by atoms with Gasteiger partial charge in [-0.3, -0.25) is 0 Å². The van der Waals surface area contributed by atoms with Gasteiger partial charge in [-0.1, -0.05) is 20.3 Å². The first kappa shape index (κ1) is 15.1. The number of fused-ring (bicyclic) bond motifs is 1. The topological polar surface area (TPSA) is 78.6 Å². The smallest absolute Gasteiger partial charge is 0.180 e. The average molecular weight is 299 g/mol. The van der Waals surface area contributed by atoms with Crippen LogP contribution in [-0.4, -0.2) is 33.4 Å². The van der Waals surface area contributed by atoms with E-state index >= 15 is 0 Å². The lowest BCUT2D eigenvalue weighted by atomic mass is 10.0. The molecule has 1 aliphatic heterocycles. The average Bonchev–Trinajstić information content (AvgIpc) is 2.45. The Morgan fingerprint density at radius 3 is 2.55 bits per heavy atom. The molecule has 20 heavy (non-hydrogen) atoms. The molecule has 2 unspecified atom stereocenters. The van der Waals surface area contributed by atoms with Gasteiger partial charge < -0.3 is 15.2 Å². The summed E-state index contributed by atoms with van der Waals surface area (Å²) < 4.78 is 35.5. The van der Waals surface area contributed by atoms with Gasteiger partial charge in [0.1, 0.15) is 13.2 Å². The predicted molar refractivity (Wildman–Crippen MR) is 76.9 cm³/mol. The van der Waals surface area contributed by atoms with E-state index in [-0.39, 0.29) is 22.6 Å². The summed E-state index contributed by atoms with van der Waals surface area (Å²) in [4.78, 5) is 0.237. The van der Waals surface area contributed by atoms with E-state index in [9.17, 15) is 8.42 Å². The van der Waals surface area contributed by atoms with E-state index in [4.69, 9.17) is 15.2 Å². The molecular weight excluding hydrogens is 278 g/mol. The second-order valence-corrected chi connectivity index (χ2v) is 7.17. The van der Waals surface area contributed by atoms with Crippen molar-refractivity contribution in [2.45, 2.75) is 31.2 Å². The van der Waals surface area contributed by atoms with Crippen molar-refractivity contribution in [3.63, 3.8) is 0 Å². The maximum Gasteiger partial charge on any atom is 0.180 e. The molecule has 0 fully saturated rings. The summed E-state index contributed by atoms with van der Waals surface area (Å²) in [6.45, 7) is 4.88. The highest BCUT2D eigenvalue weighted by atomic mass is 32.2. The zero-order chi connectivity index (χ0) is 14.8. The molecule has 1 heterocycles. The SMILES string of the molecule is CCC(C)C(N)CS(=O)(=O)c1ccc2c(c1)OCCO2. The quantitative estimate of drug-likeness (QED) is 0.893. The van der Waals surface area contributed by atoms with Crippen molar-refractivity contribution in [2.75, 3.05) is 19.0 Å². The van der Waals surface area contributed by atoms with Crippen LogP contribution in [0.15, 0.2) is 23.1 Å². The van der Waals surface area contributed by atoms with Gasteiger partial charge in [-0.25, -0.2) is 8.42 Å². The number of rotatable bonds is 5. The molecule has 0 saturated heterocycles. The molecule has 5 nitrogen and oxygen atoms in total. The number of nitrogens with two attached hydrogens (primary N) is 1. The van der Waals surface area contributed by atoms with Crippen molar-refractivity contribution in [2.24, 2.45) is 11.7 Å². The van der Waals surface area contributed by atoms with Gasteiger partial charge in [-0.2, -0.15) is 0 Å². The standard InChI is InChI=1S/C14H21NO4S/c1-3-10(2)12(15)9-20(16,17)11-4-5-13-14(8-11)19-7-6-18-13/h4-5,8,10,12H,3,6-7,9,15H2,1-2H3. The van der Waals surface area contributed by atoms with E-state index < -0.39 is 9.84 Å². The summed E-state index contributed by atoms with van der Waals surface area (Å²) in [7, 11) is -3.41. The highest BCUT2D eigenvalue weighted by Gasteiger charge is 2.24. The van der Waals surface area contributed by atoms with Crippen LogP contribution < -0.4 is 15.2 Å². The van der Waals surface area contributed by atoms with E-state index in [1.807, 2.05) is 13.8 Å². The van der Waals surface area contributed by atoms with Crippen LogP contribution in [0.2, 0.25) is 0 Å². The zero-order valence-electron chi connectivity index (χ0n) is 11.8. The van der Waals surface area contributed by atoms with Gasteiger partial charge in [-0.05, 0) is 18.1 Å². The lowest BCUT2D eigenvalue weighted by Gasteiger charge is -2.20. The van der Waals surface area contributed by atoms with Crippen molar-refractivity contribution >= 4 is 9.84 Å². The van der Waals surface area contributed by atoms with Crippen LogP contribution >= 0.6 is 0 Å². The second-order valence-electron chi connectivity index (χ2n) is 5.14. The molecule has 1 aromatic rings. The third-order valence-corrected chi connectivity index (χ3v) is 5.46. The molecule has 0 saturated carbocycles. The summed E-state index contributed by atoms with van der Waals surface area (Å²) in [6, 6.07) is 4.34. The van der Waals surface area contributed by atoms with Crippen molar-refractivity contribution in [1.82, 2.24) is 0 Å². The molecule has 0 radical (unpaired) electrons. The van der Waals surface area contributed by atoms with Gasteiger partial charge in [-0.15, -0.1) is 0 Å². The number of hydrogen-bond donors (Lipinski definition) is 1. The van der Waals surface area contributed by atoms with E-state index in [1.54, 1.807) is 12.1 Å². The minimum Gasteiger partial charge on any atom is -0.486 e. The van der Waals surface area contributed by atoms with Crippen LogP contribution in [0.3, 0.4) is 0 Å². The Kier molecular flexibility index (Phi) is 4.55. The zero-order valence-corrected chi connectivity index (χ0v) is 12.7. The van der Waals surface area contributed by atoms with Gasteiger partial charge in [0.15, 0.2) is 21.3 Å². The van der Waals surface area contributed by atoms with Gasteiger partial charge in [0.2, 0.25) is 0 Å². The fourth-order valence-electron chi connectivity index (χ4n) is 2.03. The van der Waals surface area contributed by atoms with Crippen molar-refractivity contribution < 1.29 is 17.9 Å². The molecule has 1 aliphatic rings. The molecular formula is C14H21NO4S. The maximum absolute atomic E-state index is 12.4. The fraction of sp³-hybridized carbons (Fsp3) is 0.571. The fourth-order valence-corrected chi connectivity index (χ4v) is 3.62. The molecule has 0 spiro atoms. The summed E-state index contributed by atoms with van der Waals surface area (Å²) in [6.07, 6.45) is 0.859. The van der Waals surface area contributed by atoms with Crippen LogP contribution in [0, 0.1) is 5.92 Å². The Morgan fingerprint density at radius 2 is 1.90 bits per heavy atom. The molecule has 2 rings (SSSR count). The first-order chi connectivity index (χ1) is 9.44. The molecule has 1 aromatic carbocycles. The lowest BCUT2D eigenvalue weighted by molar-refractivity contribution is 0.171. The Hall–Kier alpha value is -1.27. The molecule has 0 aromatic heterocycles. The van der Waals surface area contributed by atoms with Gasteiger partial charge >= 0.3 is 0 Å². The highest BCUT2D eigenvalue weighted by Crippen LogP contribution is 2.32. The van der Waals surface area contributed by atoms with E-state index in [0.717, 1.165) is 6.42 Å². The first-order valence-electron chi connectivity index (χ1n) is 6.82. The van der Waals surface area contributed by atoms with Crippen molar-refractivity contribution in [3.05, 3.63) is 18.2 Å². The summed E-state index contributed by atoms with van der Waals surface area (Å²) in [5.74, 6) is 1.18. The van der Waals surface area contributed by atoms with Crippen LogP contribution in [-0.2, 0) is 9.84 Å². The first-order valence-corrected chi connectivity index (χ1v) is 8.47. The molecule has 6 heteroatoms.